The molecule has 0 aliphatic heterocycles. The third-order valence-corrected chi connectivity index (χ3v) is 4.50. The number of aryl methyl sites for hydroxylation is 2. The molecule has 1 heterocycles. The van der Waals surface area contributed by atoms with Gasteiger partial charge in [0, 0.05) is 5.69 Å². The third-order valence-electron chi connectivity index (χ3n) is 2.47. The predicted octanol–water partition coefficient (Wildman–Crippen LogP) is 3.27. The zero-order valence-corrected chi connectivity index (χ0v) is 12.6. The molecule has 6 heteroatoms. The number of hydrogen-bond acceptors (Lipinski definition) is 5. The van der Waals surface area contributed by atoms with Gasteiger partial charge in [-0.15, -0.1) is 10.2 Å². The Hall–Kier alpha value is -1.40. The molecular formula is C13H15N3OS2. The molecule has 1 aromatic carbocycles. The van der Waals surface area contributed by atoms with E-state index in [1.54, 1.807) is 0 Å². The van der Waals surface area contributed by atoms with Crippen LogP contribution in [0.3, 0.4) is 0 Å². The highest BCUT2D eigenvalue weighted by Gasteiger charge is 2.16. The van der Waals surface area contributed by atoms with E-state index in [4.69, 9.17) is 0 Å². The molecule has 1 amide bonds. The van der Waals surface area contributed by atoms with Crippen LogP contribution in [0.5, 0.6) is 0 Å². The lowest BCUT2D eigenvalue weighted by Crippen LogP contribution is -2.22. The molecule has 1 aromatic heterocycles. The topological polar surface area (TPSA) is 54.9 Å². The Balaban J connectivity index is 1.94. The fraction of sp³-hybridized carbons (Fsp3) is 0.308. The second kappa shape index (κ2) is 6.16. The van der Waals surface area contributed by atoms with Gasteiger partial charge in [-0.1, -0.05) is 40.8 Å². The van der Waals surface area contributed by atoms with Gasteiger partial charge in [-0.3, -0.25) is 4.79 Å². The average Bonchev–Trinajstić information content (AvgIpc) is 2.77. The highest BCUT2D eigenvalue weighted by molar-refractivity contribution is 8.02. The van der Waals surface area contributed by atoms with Gasteiger partial charge in [0.2, 0.25) is 5.91 Å². The van der Waals surface area contributed by atoms with E-state index in [-0.39, 0.29) is 11.2 Å². The van der Waals surface area contributed by atoms with Crippen LogP contribution in [0.2, 0.25) is 0 Å². The van der Waals surface area contributed by atoms with E-state index in [9.17, 15) is 4.79 Å². The maximum absolute atomic E-state index is 12.0. The lowest BCUT2D eigenvalue weighted by Gasteiger charge is -2.10. The minimum Gasteiger partial charge on any atom is -0.325 e. The van der Waals surface area contributed by atoms with E-state index in [1.807, 2.05) is 45.0 Å². The SMILES string of the molecule is Cc1ccc(NC(=O)[C@H](C)Sc2nnc(C)s2)cc1. The van der Waals surface area contributed by atoms with Crippen molar-refractivity contribution in [2.75, 3.05) is 5.32 Å². The zero-order valence-electron chi connectivity index (χ0n) is 11.0. The fourth-order valence-electron chi connectivity index (χ4n) is 1.41. The van der Waals surface area contributed by atoms with Gasteiger partial charge < -0.3 is 5.32 Å². The smallest absolute Gasteiger partial charge is 0.237 e. The molecule has 1 N–H and O–H groups in total. The molecule has 0 spiro atoms. The molecule has 0 unspecified atom stereocenters. The van der Waals surface area contributed by atoms with E-state index >= 15 is 0 Å². The van der Waals surface area contributed by atoms with Crippen molar-refractivity contribution in [2.24, 2.45) is 0 Å². The number of amides is 1. The van der Waals surface area contributed by atoms with Crippen molar-refractivity contribution in [3.63, 3.8) is 0 Å². The molecule has 1 atom stereocenters. The predicted molar refractivity (Wildman–Crippen MR) is 79.8 cm³/mol. The van der Waals surface area contributed by atoms with Gasteiger partial charge in [0.05, 0.1) is 5.25 Å². The van der Waals surface area contributed by atoms with E-state index < -0.39 is 0 Å². The standard InChI is InChI=1S/C13H15N3OS2/c1-8-4-6-11(7-5-8)14-12(17)9(2)18-13-16-15-10(3)19-13/h4-7,9H,1-3H3,(H,14,17)/t9-/m0/s1. The number of benzene rings is 1. The van der Waals surface area contributed by atoms with Crippen molar-refractivity contribution in [3.8, 4) is 0 Å². The van der Waals surface area contributed by atoms with E-state index in [0.717, 1.165) is 15.0 Å². The molecule has 2 aromatic rings. The summed E-state index contributed by atoms with van der Waals surface area (Å²) in [6.07, 6.45) is 0. The number of rotatable bonds is 4. The second-order valence-electron chi connectivity index (χ2n) is 4.20. The maximum Gasteiger partial charge on any atom is 0.237 e. The van der Waals surface area contributed by atoms with Gasteiger partial charge in [0.15, 0.2) is 4.34 Å². The molecular weight excluding hydrogens is 278 g/mol. The van der Waals surface area contributed by atoms with Crippen molar-refractivity contribution in [2.45, 2.75) is 30.4 Å². The van der Waals surface area contributed by atoms with Gasteiger partial charge in [-0.25, -0.2) is 0 Å². The molecule has 4 nitrogen and oxygen atoms in total. The highest BCUT2D eigenvalue weighted by atomic mass is 32.2. The molecule has 0 saturated carbocycles. The van der Waals surface area contributed by atoms with Crippen molar-refractivity contribution < 1.29 is 4.79 Å². The summed E-state index contributed by atoms with van der Waals surface area (Å²) in [7, 11) is 0. The van der Waals surface area contributed by atoms with Crippen LogP contribution in [0.15, 0.2) is 28.6 Å². The number of aromatic nitrogens is 2. The quantitative estimate of drug-likeness (QED) is 0.879. The first-order valence-corrected chi connectivity index (χ1v) is 7.58. The summed E-state index contributed by atoms with van der Waals surface area (Å²) in [6, 6.07) is 7.75. The van der Waals surface area contributed by atoms with Crippen LogP contribution in [-0.4, -0.2) is 21.4 Å². The minimum absolute atomic E-state index is 0.0262. The van der Waals surface area contributed by atoms with Crippen LogP contribution < -0.4 is 5.32 Å². The van der Waals surface area contributed by atoms with Crippen molar-refractivity contribution in [3.05, 3.63) is 34.8 Å². The van der Waals surface area contributed by atoms with Crippen molar-refractivity contribution in [1.82, 2.24) is 10.2 Å². The molecule has 100 valence electrons. The molecule has 19 heavy (non-hydrogen) atoms. The fourth-order valence-corrected chi connectivity index (χ4v) is 3.37. The molecule has 0 aliphatic rings. The van der Waals surface area contributed by atoms with Crippen LogP contribution in [-0.2, 0) is 4.79 Å². The summed E-state index contributed by atoms with van der Waals surface area (Å²) in [5, 5.41) is 11.6. The molecule has 0 saturated heterocycles. The second-order valence-corrected chi connectivity index (χ2v) is 6.97. The number of carbonyl (C=O) groups excluding carboxylic acids is 1. The first-order valence-electron chi connectivity index (χ1n) is 5.89. The van der Waals surface area contributed by atoms with E-state index in [1.165, 1.54) is 28.7 Å². The van der Waals surface area contributed by atoms with Gasteiger partial charge in [-0.2, -0.15) is 0 Å². The number of carbonyl (C=O) groups is 1. The molecule has 0 radical (unpaired) electrons. The van der Waals surface area contributed by atoms with Gasteiger partial charge >= 0.3 is 0 Å². The van der Waals surface area contributed by atoms with Crippen LogP contribution >= 0.6 is 23.1 Å². The summed E-state index contributed by atoms with van der Waals surface area (Å²) >= 11 is 2.93. The largest absolute Gasteiger partial charge is 0.325 e. The van der Waals surface area contributed by atoms with Gasteiger partial charge in [-0.05, 0) is 32.9 Å². The minimum atomic E-state index is -0.200. The Labute approximate surface area is 120 Å². The normalized spacial score (nSPS) is 12.2. The van der Waals surface area contributed by atoms with Crippen molar-refractivity contribution >= 4 is 34.7 Å². The summed E-state index contributed by atoms with van der Waals surface area (Å²) < 4.78 is 0.823. The third kappa shape index (κ3) is 4.04. The van der Waals surface area contributed by atoms with Crippen molar-refractivity contribution in [1.29, 1.82) is 0 Å². The Kier molecular flexibility index (Phi) is 4.55. The molecule has 0 aliphatic carbocycles. The van der Waals surface area contributed by atoms with E-state index in [0.29, 0.717) is 0 Å². The summed E-state index contributed by atoms with van der Waals surface area (Å²) in [4.78, 5) is 12.0. The molecule has 0 bridgehead atoms. The first-order chi connectivity index (χ1) is 9.04. The lowest BCUT2D eigenvalue weighted by molar-refractivity contribution is -0.115. The number of anilines is 1. The lowest BCUT2D eigenvalue weighted by atomic mass is 10.2. The number of thioether (sulfide) groups is 1. The average molecular weight is 293 g/mol. The van der Waals surface area contributed by atoms with Crippen LogP contribution in [0.25, 0.3) is 0 Å². The number of hydrogen-bond donors (Lipinski definition) is 1. The Morgan fingerprint density at radius 3 is 2.53 bits per heavy atom. The number of nitrogens with one attached hydrogen (secondary N) is 1. The Morgan fingerprint density at radius 2 is 1.95 bits per heavy atom. The monoisotopic (exact) mass is 293 g/mol. The molecule has 0 fully saturated rings. The Morgan fingerprint density at radius 1 is 1.26 bits per heavy atom. The summed E-state index contributed by atoms with van der Waals surface area (Å²) in [6.45, 7) is 5.78. The first kappa shape index (κ1) is 14.0. The summed E-state index contributed by atoms with van der Waals surface area (Å²) in [5.74, 6) is -0.0262. The van der Waals surface area contributed by atoms with Crippen LogP contribution in [0.1, 0.15) is 17.5 Å². The van der Waals surface area contributed by atoms with Crippen LogP contribution in [0.4, 0.5) is 5.69 Å². The maximum atomic E-state index is 12.0. The zero-order chi connectivity index (χ0) is 13.8. The molecule has 2 rings (SSSR count). The van der Waals surface area contributed by atoms with E-state index in [2.05, 4.69) is 15.5 Å². The number of nitrogens with zero attached hydrogens (tertiary/aromatic N) is 2. The van der Waals surface area contributed by atoms with Crippen LogP contribution in [0, 0.1) is 13.8 Å². The van der Waals surface area contributed by atoms with Gasteiger partial charge in [0.25, 0.3) is 0 Å². The Bertz CT molecular complexity index is 566. The highest BCUT2D eigenvalue weighted by Crippen LogP contribution is 2.26. The summed E-state index contributed by atoms with van der Waals surface area (Å²) in [5.41, 5.74) is 1.99. The van der Waals surface area contributed by atoms with Gasteiger partial charge in [0.1, 0.15) is 5.01 Å².